The minimum atomic E-state index is 0.174. The van der Waals surface area contributed by atoms with Crippen molar-refractivity contribution in [3.05, 3.63) is 66.2 Å². The van der Waals surface area contributed by atoms with Crippen LogP contribution in [-0.4, -0.2) is 27.9 Å². The fourth-order valence-electron chi connectivity index (χ4n) is 4.09. The second-order valence-corrected chi connectivity index (χ2v) is 7.96. The number of nitrogens with zero attached hydrogens (tertiary/aromatic N) is 2. The Kier molecular flexibility index (Phi) is 3.96. The van der Waals surface area contributed by atoms with E-state index < -0.39 is 0 Å². The molecule has 3 heteroatoms. The Balaban J connectivity index is 1.63. The maximum absolute atomic E-state index is 13.7. The average molecular weight is 356 g/mol. The molecule has 0 aliphatic heterocycles. The van der Waals surface area contributed by atoms with Gasteiger partial charge in [-0.3, -0.25) is 4.79 Å². The van der Waals surface area contributed by atoms with Gasteiger partial charge in [0.2, 0.25) is 0 Å². The van der Waals surface area contributed by atoms with Crippen molar-refractivity contribution < 1.29 is 4.79 Å². The number of hydrogen-bond acceptors (Lipinski definition) is 2. The van der Waals surface area contributed by atoms with Crippen LogP contribution in [-0.2, 0) is 0 Å². The highest BCUT2D eigenvalue weighted by Crippen LogP contribution is 2.41. The minimum absolute atomic E-state index is 0.174. The van der Waals surface area contributed by atoms with Gasteiger partial charge in [-0.1, -0.05) is 48.5 Å². The summed E-state index contributed by atoms with van der Waals surface area (Å²) in [5.74, 6) is 0.851. The molecule has 136 valence electrons. The summed E-state index contributed by atoms with van der Waals surface area (Å²) in [7, 11) is 0. The van der Waals surface area contributed by atoms with Crippen molar-refractivity contribution in [1.29, 1.82) is 0 Å². The van der Waals surface area contributed by atoms with Gasteiger partial charge in [0.05, 0.1) is 16.8 Å². The normalized spacial score (nSPS) is 17.7. The van der Waals surface area contributed by atoms with Crippen LogP contribution in [0.2, 0.25) is 0 Å². The summed E-state index contributed by atoms with van der Waals surface area (Å²) in [6, 6.07) is 20.9. The molecule has 27 heavy (non-hydrogen) atoms. The lowest BCUT2D eigenvalue weighted by molar-refractivity contribution is 0.0656. The Bertz CT molecular complexity index is 990. The van der Waals surface area contributed by atoms with E-state index in [4.69, 9.17) is 4.98 Å². The summed E-state index contributed by atoms with van der Waals surface area (Å²) in [6.07, 6.45) is 4.78. The van der Waals surface area contributed by atoms with Crippen molar-refractivity contribution in [2.75, 3.05) is 0 Å². The highest BCUT2D eigenvalue weighted by atomic mass is 16.2. The van der Waals surface area contributed by atoms with Gasteiger partial charge in [-0.25, -0.2) is 4.98 Å². The van der Waals surface area contributed by atoms with Gasteiger partial charge in [0.1, 0.15) is 0 Å². The van der Waals surface area contributed by atoms with Gasteiger partial charge in [-0.2, -0.15) is 0 Å². The lowest BCUT2D eigenvalue weighted by Gasteiger charge is -2.30. The van der Waals surface area contributed by atoms with Crippen molar-refractivity contribution in [2.45, 2.75) is 44.7 Å². The van der Waals surface area contributed by atoms with Crippen LogP contribution in [0.3, 0.4) is 0 Å². The van der Waals surface area contributed by atoms with E-state index in [1.807, 2.05) is 48.5 Å². The number of para-hydroxylation sites is 1. The first-order valence-electron chi connectivity index (χ1n) is 10.0. The van der Waals surface area contributed by atoms with Gasteiger partial charge in [0.25, 0.3) is 5.91 Å². The molecule has 3 aromatic rings. The number of aromatic nitrogens is 1. The van der Waals surface area contributed by atoms with Crippen LogP contribution in [0, 0.1) is 5.92 Å². The fraction of sp³-hybridized carbons (Fsp3) is 0.333. The Hall–Kier alpha value is -2.68. The molecular formula is C24H24N2O. The first-order chi connectivity index (χ1) is 13.2. The zero-order valence-electron chi connectivity index (χ0n) is 15.6. The number of benzene rings is 2. The van der Waals surface area contributed by atoms with E-state index in [-0.39, 0.29) is 5.91 Å². The standard InChI is InChI=1S/C24H24N2O/c1-16(17-11-12-17)26(19-13-14-19)24(27)21-15-23(18-7-3-2-4-8-18)25-22-10-6-5-9-20(21)22/h2-10,15-17,19H,11-14H2,1H3. The SMILES string of the molecule is CC(C1CC1)N(C(=O)c1cc(-c2ccccc2)nc2ccccc12)C1CC1. The third kappa shape index (κ3) is 3.12. The molecule has 1 aromatic heterocycles. The van der Waals surface area contributed by atoms with Crippen molar-refractivity contribution in [3.63, 3.8) is 0 Å². The molecule has 0 saturated heterocycles. The molecule has 1 heterocycles. The van der Waals surface area contributed by atoms with Crippen LogP contribution in [0.15, 0.2) is 60.7 Å². The van der Waals surface area contributed by atoms with E-state index in [9.17, 15) is 4.79 Å². The van der Waals surface area contributed by atoms with Gasteiger partial charge < -0.3 is 4.90 Å². The predicted molar refractivity (Wildman–Crippen MR) is 109 cm³/mol. The van der Waals surface area contributed by atoms with Gasteiger partial charge in [-0.05, 0) is 50.7 Å². The van der Waals surface area contributed by atoms with E-state index in [0.29, 0.717) is 18.0 Å². The summed E-state index contributed by atoms with van der Waals surface area (Å²) in [5.41, 5.74) is 3.59. The molecular weight excluding hydrogens is 332 g/mol. The Morgan fingerprint density at radius 1 is 1.00 bits per heavy atom. The quantitative estimate of drug-likeness (QED) is 0.621. The molecule has 3 nitrogen and oxygen atoms in total. The number of carbonyl (C=O) groups is 1. The number of rotatable bonds is 5. The number of carbonyl (C=O) groups excluding carboxylic acids is 1. The highest BCUT2D eigenvalue weighted by molar-refractivity contribution is 6.07. The van der Waals surface area contributed by atoms with Crippen molar-refractivity contribution >= 4 is 16.8 Å². The second kappa shape index (κ2) is 6.49. The van der Waals surface area contributed by atoms with Gasteiger partial charge >= 0.3 is 0 Å². The Labute approximate surface area is 160 Å². The van der Waals surface area contributed by atoms with Gasteiger partial charge in [0, 0.05) is 23.0 Å². The number of amides is 1. The Morgan fingerprint density at radius 2 is 1.70 bits per heavy atom. The van der Waals surface area contributed by atoms with Crippen LogP contribution in [0.4, 0.5) is 0 Å². The zero-order chi connectivity index (χ0) is 18.4. The van der Waals surface area contributed by atoms with Crippen LogP contribution in [0.25, 0.3) is 22.2 Å². The lowest BCUT2D eigenvalue weighted by Crippen LogP contribution is -2.41. The first kappa shape index (κ1) is 16.5. The summed E-state index contributed by atoms with van der Waals surface area (Å²) < 4.78 is 0. The third-order valence-corrected chi connectivity index (χ3v) is 5.93. The summed E-state index contributed by atoms with van der Waals surface area (Å²) in [6.45, 7) is 2.23. The van der Waals surface area contributed by atoms with Crippen LogP contribution >= 0.6 is 0 Å². The molecule has 5 rings (SSSR count). The zero-order valence-corrected chi connectivity index (χ0v) is 15.6. The van der Waals surface area contributed by atoms with E-state index in [2.05, 4.69) is 24.0 Å². The molecule has 2 aromatic carbocycles. The molecule has 0 bridgehead atoms. The second-order valence-electron chi connectivity index (χ2n) is 7.96. The maximum Gasteiger partial charge on any atom is 0.255 e. The lowest BCUT2D eigenvalue weighted by atomic mass is 10.0. The monoisotopic (exact) mass is 356 g/mol. The summed E-state index contributed by atoms with van der Waals surface area (Å²) >= 11 is 0. The minimum Gasteiger partial charge on any atom is -0.333 e. The van der Waals surface area contributed by atoms with Gasteiger partial charge in [-0.15, -0.1) is 0 Å². The molecule has 2 saturated carbocycles. The van der Waals surface area contributed by atoms with Crippen molar-refractivity contribution in [2.24, 2.45) is 5.92 Å². The number of hydrogen-bond donors (Lipinski definition) is 0. The largest absolute Gasteiger partial charge is 0.333 e. The third-order valence-electron chi connectivity index (χ3n) is 5.93. The average Bonchev–Trinajstić information content (AvgIpc) is 3.61. The predicted octanol–water partition coefficient (Wildman–Crippen LogP) is 5.30. The van der Waals surface area contributed by atoms with Crippen LogP contribution in [0.1, 0.15) is 43.0 Å². The Morgan fingerprint density at radius 3 is 2.41 bits per heavy atom. The first-order valence-corrected chi connectivity index (χ1v) is 10.0. The molecule has 2 fully saturated rings. The molecule has 1 atom stereocenters. The van der Waals surface area contributed by atoms with Crippen molar-refractivity contribution in [3.8, 4) is 11.3 Å². The highest BCUT2D eigenvalue weighted by Gasteiger charge is 2.42. The van der Waals surface area contributed by atoms with E-state index in [0.717, 1.165) is 40.6 Å². The van der Waals surface area contributed by atoms with E-state index >= 15 is 0 Å². The molecule has 0 N–H and O–H groups in total. The maximum atomic E-state index is 13.7. The molecule has 1 unspecified atom stereocenters. The van der Waals surface area contributed by atoms with Crippen molar-refractivity contribution in [1.82, 2.24) is 9.88 Å². The topological polar surface area (TPSA) is 33.2 Å². The molecule has 0 spiro atoms. The molecule has 0 radical (unpaired) electrons. The summed E-state index contributed by atoms with van der Waals surface area (Å²) in [5, 5.41) is 0.954. The molecule has 2 aliphatic carbocycles. The van der Waals surface area contributed by atoms with E-state index in [1.165, 1.54) is 12.8 Å². The molecule has 2 aliphatic rings. The number of fused-ring (bicyclic) bond motifs is 1. The summed E-state index contributed by atoms with van der Waals surface area (Å²) in [4.78, 5) is 20.7. The van der Waals surface area contributed by atoms with Gasteiger partial charge in [0.15, 0.2) is 0 Å². The van der Waals surface area contributed by atoms with E-state index in [1.54, 1.807) is 0 Å². The number of pyridine rings is 1. The smallest absolute Gasteiger partial charge is 0.255 e. The van der Waals surface area contributed by atoms with Crippen LogP contribution < -0.4 is 0 Å². The molecule has 1 amide bonds. The fourth-order valence-corrected chi connectivity index (χ4v) is 4.09. The van der Waals surface area contributed by atoms with Crippen LogP contribution in [0.5, 0.6) is 0 Å².